The number of urea groups is 1. The van der Waals surface area contributed by atoms with Gasteiger partial charge in [0.1, 0.15) is 18.4 Å². The molecule has 3 amide bonds. The topological polar surface area (TPSA) is 124 Å². The molecular weight excluding hydrogens is 402 g/mol. The smallest absolute Gasteiger partial charge is 0.325 e. The van der Waals surface area contributed by atoms with Crippen molar-refractivity contribution in [3.63, 3.8) is 0 Å². The Hall–Kier alpha value is -2.88. The Morgan fingerprint density at radius 1 is 1.35 bits per heavy atom. The Morgan fingerprint density at radius 3 is 2.97 bits per heavy atom. The number of ether oxygens (including phenoxy) is 1. The second kappa shape index (κ2) is 10.9. The van der Waals surface area contributed by atoms with Crippen LogP contribution in [0.2, 0.25) is 0 Å². The van der Waals surface area contributed by atoms with Crippen molar-refractivity contribution in [3.05, 3.63) is 23.4 Å². The predicted molar refractivity (Wildman–Crippen MR) is 114 cm³/mol. The SMILES string of the molecule is CCOC(=O)CN1CCN(C(=O)NCCCc2ccc3c(n2)NCCC3)[C@@H](CO)C1=O. The number of anilines is 1. The van der Waals surface area contributed by atoms with E-state index in [1.54, 1.807) is 6.92 Å². The molecule has 2 aliphatic rings. The number of carbonyl (C=O) groups excluding carboxylic acids is 3. The molecule has 1 aromatic heterocycles. The predicted octanol–water partition coefficient (Wildman–Crippen LogP) is 0.150. The van der Waals surface area contributed by atoms with Gasteiger partial charge in [-0.25, -0.2) is 9.78 Å². The van der Waals surface area contributed by atoms with Crippen LogP contribution in [-0.2, 0) is 27.2 Å². The summed E-state index contributed by atoms with van der Waals surface area (Å²) in [7, 11) is 0. The standard InChI is InChI=1S/C21H31N5O5/c1-2-31-18(28)13-25-11-12-26(17(14-27)20(25)29)21(30)23-10-4-6-16-8-7-15-5-3-9-22-19(15)24-16/h7-8,17,27H,2-6,9-14H2,1H3,(H,22,24)(H,23,30)/t17-/m0/s1. The van der Waals surface area contributed by atoms with Crippen LogP contribution >= 0.6 is 0 Å². The maximum Gasteiger partial charge on any atom is 0.325 e. The van der Waals surface area contributed by atoms with Crippen LogP contribution in [0.4, 0.5) is 10.6 Å². The molecule has 3 heterocycles. The molecule has 0 aliphatic carbocycles. The Balaban J connectivity index is 1.45. The second-order valence-corrected chi connectivity index (χ2v) is 7.63. The van der Waals surface area contributed by atoms with Crippen LogP contribution in [0.1, 0.15) is 31.0 Å². The highest BCUT2D eigenvalue weighted by molar-refractivity contribution is 5.90. The Morgan fingerprint density at radius 2 is 2.19 bits per heavy atom. The third kappa shape index (κ3) is 5.84. The number of hydrogen-bond acceptors (Lipinski definition) is 7. The number of esters is 1. The average molecular weight is 434 g/mol. The molecule has 10 nitrogen and oxygen atoms in total. The van der Waals surface area contributed by atoms with Crippen LogP contribution in [0.15, 0.2) is 12.1 Å². The number of aryl methyl sites for hydroxylation is 2. The summed E-state index contributed by atoms with van der Waals surface area (Å²) in [6, 6.07) is 2.73. The molecular formula is C21H31N5O5. The van der Waals surface area contributed by atoms with Gasteiger partial charge in [0.2, 0.25) is 5.91 Å². The zero-order valence-electron chi connectivity index (χ0n) is 17.9. The summed E-state index contributed by atoms with van der Waals surface area (Å²) in [6.45, 7) is 3.07. The molecule has 31 heavy (non-hydrogen) atoms. The zero-order valence-corrected chi connectivity index (χ0v) is 17.9. The van der Waals surface area contributed by atoms with Gasteiger partial charge >= 0.3 is 12.0 Å². The molecule has 2 aliphatic heterocycles. The molecule has 0 aromatic carbocycles. The van der Waals surface area contributed by atoms with E-state index in [1.165, 1.54) is 15.4 Å². The molecule has 3 rings (SSSR count). The number of nitrogens with zero attached hydrogens (tertiary/aromatic N) is 3. The fourth-order valence-electron chi connectivity index (χ4n) is 3.85. The fraction of sp³-hybridized carbons (Fsp3) is 0.619. The highest BCUT2D eigenvalue weighted by Gasteiger charge is 2.37. The van der Waals surface area contributed by atoms with Crippen LogP contribution in [0.5, 0.6) is 0 Å². The van der Waals surface area contributed by atoms with Crippen molar-refractivity contribution in [2.45, 2.75) is 38.6 Å². The first-order chi connectivity index (χ1) is 15.0. The third-order valence-corrected chi connectivity index (χ3v) is 5.48. The summed E-state index contributed by atoms with van der Waals surface area (Å²) in [4.78, 5) is 44.1. The summed E-state index contributed by atoms with van der Waals surface area (Å²) in [5.41, 5.74) is 2.21. The number of hydrogen-bond donors (Lipinski definition) is 3. The minimum Gasteiger partial charge on any atom is -0.465 e. The first kappa shape index (κ1) is 22.8. The van der Waals surface area contributed by atoms with Gasteiger partial charge in [-0.15, -0.1) is 0 Å². The van der Waals surface area contributed by atoms with E-state index >= 15 is 0 Å². The molecule has 10 heteroatoms. The summed E-state index contributed by atoms with van der Waals surface area (Å²) < 4.78 is 4.87. The number of rotatable bonds is 8. The number of pyridine rings is 1. The number of amides is 3. The van der Waals surface area contributed by atoms with Crippen LogP contribution in [0.25, 0.3) is 0 Å². The van der Waals surface area contributed by atoms with Crippen molar-refractivity contribution >= 4 is 23.7 Å². The maximum atomic E-state index is 12.6. The van der Waals surface area contributed by atoms with Crippen LogP contribution < -0.4 is 10.6 Å². The van der Waals surface area contributed by atoms with Gasteiger partial charge in [-0.05, 0) is 44.2 Å². The van der Waals surface area contributed by atoms with E-state index < -0.39 is 30.6 Å². The number of piperazine rings is 1. The van der Waals surface area contributed by atoms with E-state index in [0.29, 0.717) is 13.0 Å². The quantitative estimate of drug-likeness (QED) is 0.394. The number of aliphatic hydroxyl groups excluding tert-OH is 1. The van der Waals surface area contributed by atoms with Gasteiger partial charge < -0.3 is 30.3 Å². The molecule has 0 saturated carbocycles. The van der Waals surface area contributed by atoms with Gasteiger partial charge in [0.05, 0.1) is 13.2 Å². The van der Waals surface area contributed by atoms with Crippen LogP contribution in [-0.4, -0.2) is 89.8 Å². The van der Waals surface area contributed by atoms with Crippen molar-refractivity contribution in [1.82, 2.24) is 20.1 Å². The normalized spacial score (nSPS) is 18.3. The van der Waals surface area contributed by atoms with Gasteiger partial charge in [-0.3, -0.25) is 9.59 Å². The van der Waals surface area contributed by atoms with E-state index in [1.807, 2.05) is 6.07 Å². The molecule has 1 aromatic rings. The summed E-state index contributed by atoms with van der Waals surface area (Å²) in [6.07, 6.45) is 3.60. The highest BCUT2D eigenvalue weighted by atomic mass is 16.5. The lowest BCUT2D eigenvalue weighted by molar-refractivity contribution is -0.153. The Kier molecular flexibility index (Phi) is 8.05. The first-order valence-corrected chi connectivity index (χ1v) is 10.9. The summed E-state index contributed by atoms with van der Waals surface area (Å²) >= 11 is 0. The van der Waals surface area contributed by atoms with E-state index in [0.717, 1.165) is 37.3 Å². The lowest BCUT2D eigenvalue weighted by Gasteiger charge is -2.39. The van der Waals surface area contributed by atoms with Crippen molar-refractivity contribution in [2.75, 3.05) is 51.3 Å². The Bertz CT molecular complexity index is 802. The van der Waals surface area contributed by atoms with Gasteiger partial charge in [-0.1, -0.05) is 6.07 Å². The monoisotopic (exact) mass is 433 g/mol. The molecule has 1 fully saturated rings. The molecule has 0 bridgehead atoms. The molecule has 0 radical (unpaired) electrons. The molecule has 1 saturated heterocycles. The van der Waals surface area contributed by atoms with Crippen molar-refractivity contribution < 1.29 is 24.2 Å². The molecule has 1 atom stereocenters. The molecule has 3 N–H and O–H groups in total. The lowest BCUT2D eigenvalue weighted by Crippen LogP contribution is -2.62. The largest absolute Gasteiger partial charge is 0.465 e. The Labute approximate surface area is 181 Å². The van der Waals surface area contributed by atoms with Gasteiger partial charge in [-0.2, -0.15) is 0 Å². The number of carbonyl (C=O) groups is 3. The average Bonchev–Trinajstić information content (AvgIpc) is 2.77. The first-order valence-electron chi connectivity index (χ1n) is 10.9. The number of aliphatic hydroxyl groups is 1. The molecule has 0 spiro atoms. The summed E-state index contributed by atoms with van der Waals surface area (Å²) in [5.74, 6) is -0.00286. The molecule has 0 unspecified atom stereocenters. The van der Waals surface area contributed by atoms with E-state index in [-0.39, 0.29) is 26.2 Å². The highest BCUT2D eigenvalue weighted by Crippen LogP contribution is 2.20. The number of nitrogens with one attached hydrogen (secondary N) is 2. The summed E-state index contributed by atoms with van der Waals surface area (Å²) in [5, 5.41) is 15.8. The maximum absolute atomic E-state index is 12.6. The minimum absolute atomic E-state index is 0.179. The molecule has 170 valence electrons. The fourth-order valence-corrected chi connectivity index (χ4v) is 3.85. The third-order valence-electron chi connectivity index (χ3n) is 5.48. The second-order valence-electron chi connectivity index (χ2n) is 7.63. The van der Waals surface area contributed by atoms with Gasteiger partial charge in [0.25, 0.3) is 0 Å². The zero-order chi connectivity index (χ0) is 22.2. The minimum atomic E-state index is -1.00. The van der Waals surface area contributed by atoms with E-state index in [4.69, 9.17) is 4.74 Å². The lowest BCUT2D eigenvalue weighted by atomic mass is 10.1. The van der Waals surface area contributed by atoms with Gasteiger partial charge in [0.15, 0.2) is 0 Å². The van der Waals surface area contributed by atoms with Crippen LogP contribution in [0.3, 0.4) is 0 Å². The van der Waals surface area contributed by atoms with Crippen molar-refractivity contribution in [1.29, 1.82) is 0 Å². The van der Waals surface area contributed by atoms with E-state index in [2.05, 4.69) is 21.7 Å². The number of fused-ring (bicyclic) bond motifs is 1. The van der Waals surface area contributed by atoms with Gasteiger partial charge in [0, 0.05) is 31.9 Å². The van der Waals surface area contributed by atoms with Crippen LogP contribution in [0, 0.1) is 0 Å². The van der Waals surface area contributed by atoms with Crippen molar-refractivity contribution in [2.24, 2.45) is 0 Å². The van der Waals surface area contributed by atoms with Crippen molar-refractivity contribution in [3.8, 4) is 0 Å². The van der Waals surface area contributed by atoms with E-state index in [9.17, 15) is 19.5 Å². The number of aromatic nitrogens is 1.